The van der Waals surface area contributed by atoms with Gasteiger partial charge < -0.3 is 24.4 Å². The maximum atomic E-state index is 12.2. The van der Waals surface area contributed by atoms with Gasteiger partial charge >= 0.3 is 6.09 Å². The van der Waals surface area contributed by atoms with Gasteiger partial charge in [-0.15, -0.1) is 0 Å². The van der Waals surface area contributed by atoms with Gasteiger partial charge in [0.1, 0.15) is 11.5 Å². The highest BCUT2D eigenvalue weighted by Crippen LogP contribution is 2.25. The fourth-order valence-corrected chi connectivity index (χ4v) is 2.73. The first kappa shape index (κ1) is 19.8. The van der Waals surface area contributed by atoms with E-state index in [4.69, 9.17) is 14.2 Å². The van der Waals surface area contributed by atoms with Crippen LogP contribution in [-0.4, -0.2) is 75.4 Å². The van der Waals surface area contributed by atoms with Crippen molar-refractivity contribution in [1.82, 2.24) is 9.80 Å². The van der Waals surface area contributed by atoms with Crippen LogP contribution in [0.2, 0.25) is 0 Å². The van der Waals surface area contributed by atoms with E-state index in [1.54, 1.807) is 44.2 Å². The van der Waals surface area contributed by atoms with Gasteiger partial charge in [-0.1, -0.05) is 0 Å². The molecule has 0 spiro atoms. The van der Waals surface area contributed by atoms with Crippen LogP contribution in [0.1, 0.15) is 13.3 Å². The smallest absolute Gasteiger partial charge is 0.409 e. The molecule has 144 valence electrons. The van der Waals surface area contributed by atoms with Gasteiger partial charge in [0.2, 0.25) is 5.91 Å². The zero-order valence-corrected chi connectivity index (χ0v) is 15.6. The van der Waals surface area contributed by atoms with E-state index < -0.39 is 0 Å². The SMILES string of the molecule is CCOC(=O)N1CCN(CCC(=O)Nc2cc(OC)cc(OC)c2)CC1. The number of nitrogens with one attached hydrogen (secondary N) is 1. The first-order valence-corrected chi connectivity index (χ1v) is 8.72. The van der Waals surface area contributed by atoms with Crippen LogP contribution in [0.5, 0.6) is 11.5 Å². The van der Waals surface area contributed by atoms with Crippen molar-refractivity contribution in [2.75, 3.05) is 58.9 Å². The number of rotatable bonds is 7. The first-order valence-electron chi connectivity index (χ1n) is 8.72. The molecule has 1 saturated heterocycles. The monoisotopic (exact) mass is 365 g/mol. The number of methoxy groups -OCH3 is 2. The Morgan fingerprint density at radius 2 is 1.65 bits per heavy atom. The Labute approximate surface area is 154 Å². The lowest BCUT2D eigenvalue weighted by Gasteiger charge is -2.33. The number of benzene rings is 1. The summed E-state index contributed by atoms with van der Waals surface area (Å²) in [5, 5.41) is 2.86. The molecule has 1 fully saturated rings. The molecule has 0 unspecified atom stereocenters. The van der Waals surface area contributed by atoms with E-state index in [9.17, 15) is 9.59 Å². The Balaban J connectivity index is 1.77. The average molecular weight is 365 g/mol. The predicted molar refractivity (Wildman–Crippen MR) is 97.8 cm³/mol. The summed E-state index contributed by atoms with van der Waals surface area (Å²) in [4.78, 5) is 27.8. The second-order valence-electron chi connectivity index (χ2n) is 5.93. The number of ether oxygens (including phenoxy) is 3. The summed E-state index contributed by atoms with van der Waals surface area (Å²) in [6, 6.07) is 5.25. The Kier molecular flexibility index (Phi) is 7.53. The molecule has 0 radical (unpaired) electrons. The molecule has 0 aliphatic carbocycles. The molecular formula is C18H27N3O5. The Morgan fingerprint density at radius 1 is 1.04 bits per heavy atom. The standard InChI is InChI=1S/C18H27N3O5/c1-4-26-18(23)21-9-7-20(8-10-21)6-5-17(22)19-14-11-15(24-2)13-16(12-14)25-3/h11-13H,4-10H2,1-3H3,(H,19,22). The van der Waals surface area contributed by atoms with E-state index in [-0.39, 0.29) is 12.0 Å². The number of nitrogens with zero attached hydrogens (tertiary/aromatic N) is 2. The number of carbonyl (C=O) groups excluding carboxylic acids is 2. The summed E-state index contributed by atoms with van der Waals surface area (Å²) in [5.74, 6) is 1.16. The second-order valence-corrected chi connectivity index (χ2v) is 5.93. The lowest BCUT2D eigenvalue weighted by atomic mass is 10.2. The lowest BCUT2D eigenvalue weighted by molar-refractivity contribution is -0.116. The highest BCUT2D eigenvalue weighted by molar-refractivity contribution is 5.91. The molecule has 2 amide bonds. The van der Waals surface area contributed by atoms with Gasteiger partial charge in [-0.3, -0.25) is 9.69 Å². The topological polar surface area (TPSA) is 80.3 Å². The predicted octanol–water partition coefficient (Wildman–Crippen LogP) is 1.81. The van der Waals surface area contributed by atoms with Crippen LogP contribution in [0.25, 0.3) is 0 Å². The fraction of sp³-hybridized carbons (Fsp3) is 0.556. The largest absolute Gasteiger partial charge is 0.497 e. The molecule has 26 heavy (non-hydrogen) atoms. The van der Waals surface area contributed by atoms with Crippen molar-refractivity contribution in [3.05, 3.63) is 18.2 Å². The minimum atomic E-state index is -0.267. The summed E-state index contributed by atoms with van der Waals surface area (Å²) >= 11 is 0. The van der Waals surface area contributed by atoms with Crippen LogP contribution in [-0.2, 0) is 9.53 Å². The third-order valence-corrected chi connectivity index (χ3v) is 4.19. The molecule has 1 aromatic rings. The number of piperazine rings is 1. The van der Waals surface area contributed by atoms with Crippen LogP contribution in [0.4, 0.5) is 10.5 Å². The molecule has 8 heteroatoms. The zero-order valence-electron chi connectivity index (χ0n) is 15.6. The van der Waals surface area contributed by atoms with Crippen LogP contribution in [0.15, 0.2) is 18.2 Å². The highest BCUT2D eigenvalue weighted by Gasteiger charge is 2.22. The summed E-state index contributed by atoms with van der Waals surface area (Å²) in [6.07, 6.45) is 0.107. The highest BCUT2D eigenvalue weighted by atomic mass is 16.6. The van der Waals surface area contributed by atoms with Crippen molar-refractivity contribution >= 4 is 17.7 Å². The van der Waals surface area contributed by atoms with Crippen molar-refractivity contribution in [2.45, 2.75) is 13.3 Å². The third kappa shape index (κ3) is 5.80. The molecular weight excluding hydrogens is 338 g/mol. The van der Waals surface area contributed by atoms with Gasteiger partial charge in [0.05, 0.1) is 20.8 Å². The average Bonchev–Trinajstić information content (AvgIpc) is 2.66. The second kappa shape index (κ2) is 9.86. The molecule has 0 saturated carbocycles. The normalized spacial score (nSPS) is 14.7. The summed E-state index contributed by atoms with van der Waals surface area (Å²) < 4.78 is 15.4. The number of anilines is 1. The molecule has 0 aromatic heterocycles. The number of amides is 2. The van der Waals surface area contributed by atoms with Gasteiger partial charge in [-0.2, -0.15) is 0 Å². The summed E-state index contributed by atoms with van der Waals surface area (Å²) in [7, 11) is 3.13. The van der Waals surface area contributed by atoms with Crippen molar-refractivity contribution in [2.24, 2.45) is 0 Å². The van der Waals surface area contributed by atoms with Gasteiger partial charge in [0.15, 0.2) is 0 Å². The van der Waals surface area contributed by atoms with Gasteiger partial charge in [0, 0.05) is 63.0 Å². The Bertz CT molecular complexity index is 593. The summed E-state index contributed by atoms with van der Waals surface area (Å²) in [5.41, 5.74) is 0.637. The van der Waals surface area contributed by atoms with Gasteiger partial charge in [-0.25, -0.2) is 4.79 Å². The maximum absolute atomic E-state index is 12.2. The molecule has 1 N–H and O–H groups in total. The quantitative estimate of drug-likeness (QED) is 0.794. The van der Waals surface area contributed by atoms with E-state index in [1.807, 2.05) is 0 Å². The molecule has 8 nitrogen and oxygen atoms in total. The number of hydrogen-bond donors (Lipinski definition) is 1. The fourth-order valence-electron chi connectivity index (χ4n) is 2.73. The molecule has 1 aromatic carbocycles. The molecule has 1 aliphatic rings. The van der Waals surface area contributed by atoms with Crippen molar-refractivity contribution in [3.8, 4) is 11.5 Å². The summed E-state index contributed by atoms with van der Waals surface area (Å²) in [6.45, 7) is 5.53. The minimum Gasteiger partial charge on any atom is -0.497 e. The van der Waals surface area contributed by atoms with E-state index in [0.717, 1.165) is 13.1 Å². The minimum absolute atomic E-state index is 0.0758. The molecule has 1 heterocycles. The van der Waals surface area contributed by atoms with E-state index in [1.165, 1.54) is 0 Å². The molecule has 1 aliphatic heterocycles. The first-order chi connectivity index (χ1) is 12.5. The van der Waals surface area contributed by atoms with Crippen LogP contribution >= 0.6 is 0 Å². The van der Waals surface area contributed by atoms with Crippen molar-refractivity contribution in [3.63, 3.8) is 0 Å². The molecule has 0 atom stereocenters. The lowest BCUT2D eigenvalue weighted by Crippen LogP contribution is -2.49. The third-order valence-electron chi connectivity index (χ3n) is 4.19. The molecule has 0 bridgehead atoms. The van der Waals surface area contributed by atoms with E-state index >= 15 is 0 Å². The number of hydrogen-bond acceptors (Lipinski definition) is 6. The number of carbonyl (C=O) groups is 2. The van der Waals surface area contributed by atoms with E-state index in [2.05, 4.69) is 10.2 Å². The Hall–Kier alpha value is -2.48. The van der Waals surface area contributed by atoms with Crippen molar-refractivity contribution < 1.29 is 23.8 Å². The van der Waals surface area contributed by atoms with E-state index in [0.29, 0.717) is 49.8 Å². The zero-order chi connectivity index (χ0) is 18.9. The molecule has 2 rings (SSSR count). The van der Waals surface area contributed by atoms with Crippen LogP contribution < -0.4 is 14.8 Å². The van der Waals surface area contributed by atoms with Crippen LogP contribution in [0.3, 0.4) is 0 Å². The maximum Gasteiger partial charge on any atom is 0.409 e. The van der Waals surface area contributed by atoms with Crippen molar-refractivity contribution in [1.29, 1.82) is 0 Å². The van der Waals surface area contributed by atoms with Gasteiger partial charge in [-0.05, 0) is 6.92 Å². The Morgan fingerprint density at radius 3 is 2.19 bits per heavy atom. The van der Waals surface area contributed by atoms with Gasteiger partial charge in [0.25, 0.3) is 0 Å². The van der Waals surface area contributed by atoms with Crippen LogP contribution in [0, 0.1) is 0 Å².